The molecule has 0 bridgehead atoms. The third-order valence-electron chi connectivity index (χ3n) is 3.91. The van der Waals surface area contributed by atoms with Crippen LogP contribution in [0.3, 0.4) is 0 Å². The Morgan fingerprint density at radius 1 is 1.45 bits per heavy atom. The molecule has 0 aromatic heterocycles. The van der Waals surface area contributed by atoms with E-state index in [1.807, 2.05) is 25.1 Å². The van der Waals surface area contributed by atoms with E-state index in [-0.39, 0.29) is 24.2 Å². The molecular formula is C17H23BrN2O2. The van der Waals surface area contributed by atoms with Crippen LogP contribution in [-0.2, 0) is 9.59 Å². The normalized spacial score (nSPS) is 18.1. The lowest BCUT2D eigenvalue weighted by Gasteiger charge is -2.18. The first kappa shape index (κ1) is 17.0. The van der Waals surface area contributed by atoms with E-state index in [2.05, 4.69) is 35.1 Å². The van der Waals surface area contributed by atoms with E-state index in [9.17, 15) is 9.59 Å². The summed E-state index contributed by atoms with van der Waals surface area (Å²) >= 11 is 3.51. The summed E-state index contributed by atoms with van der Waals surface area (Å²) in [5.41, 5.74) is 1.97. The number of benzene rings is 1. The fraction of sp³-hybridized carbons (Fsp3) is 0.529. The van der Waals surface area contributed by atoms with Crippen molar-refractivity contribution in [2.24, 2.45) is 11.8 Å². The third-order valence-corrected chi connectivity index (χ3v) is 4.55. The average Bonchev–Trinajstić information content (AvgIpc) is 2.80. The van der Waals surface area contributed by atoms with Gasteiger partial charge in [-0.25, -0.2) is 0 Å². The lowest BCUT2D eigenvalue weighted by atomic mass is 10.1. The number of hydrogen-bond acceptors (Lipinski definition) is 2. The van der Waals surface area contributed by atoms with Crippen LogP contribution in [0.25, 0.3) is 0 Å². The van der Waals surface area contributed by atoms with Crippen molar-refractivity contribution in [3.63, 3.8) is 0 Å². The second-order valence-corrected chi connectivity index (χ2v) is 7.19. The number of carbonyl (C=O) groups excluding carboxylic acids is 2. The Labute approximate surface area is 140 Å². The van der Waals surface area contributed by atoms with Crippen LogP contribution in [0, 0.1) is 18.8 Å². The topological polar surface area (TPSA) is 49.4 Å². The predicted molar refractivity (Wildman–Crippen MR) is 91.8 cm³/mol. The molecule has 1 saturated heterocycles. The molecule has 1 fully saturated rings. The number of anilines is 1. The number of nitrogens with zero attached hydrogens (tertiary/aromatic N) is 1. The minimum absolute atomic E-state index is 0.00793. The highest BCUT2D eigenvalue weighted by Gasteiger charge is 2.35. The Kier molecular flexibility index (Phi) is 5.62. The van der Waals surface area contributed by atoms with Crippen molar-refractivity contribution < 1.29 is 9.59 Å². The number of aryl methyl sites for hydroxylation is 1. The molecule has 1 aromatic carbocycles. The molecule has 0 radical (unpaired) electrons. The SMILES string of the molecule is Cc1ccc(N2CC(C(=O)NCCC(C)C)CC2=O)c(Br)c1. The fourth-order valence-corrected chi connectivity index (χ4v) is 3.28. The average molecular weight is 367 g/mol. The molecule has 22 heavy (non-hydrogen) atoms. The smallest absolute Gasteiger partial charge is 0.227 e. The van der Waals surface area contributed by atoms with Gasteiger partial charge in [0, 0.05) is 24.0 Å². The molecule has 1 unspecified atom stereocenters. The van der Waals surface area contributed by atoms with Crippen molar-refractivity contribution >= 4 is 33.4 Å². The van der Waals surface area contributed by atoms with Crippen LogP contribution < -0.4 is 10.2 Å². The van der Waals surface area contributed by atoms with E-state index in [1.165, 1.54) is 0 Å². The van der Waals surface area contributed by atoms with E-state index < -0.39 is 0 Å². The molecule has 1 aromatic rings. The maximum Gasteiger partial charge on any atom is 0.227 e. The summed E-state index contributed by atoms with van der Waals surface area (Å²) in [6.45, 7) is 7.39. The van der Waals surface area contributed by atoms with Crippen molar-refractivity contribution in [1.82, 2.24) is 5.32 Å². The summed E-state index contributed by atoms with van der Waals surface area (Å²) in [6.07, 6.45) is 1.24. The minimum Gasteiger partial charge on any atom is -0.356 e. The van der Waals surface area contributed by atoms with Crippen LogP contribution in [0.15, 0.2) is 22.7 Å². The molecule has 2 rings (SSSR count). The lowest BCUT2D eigenvalue weighted by Crippen LogP contribution is -2.34. The van der Waals surface area contributed by atoms with Gasteiger partial charge in [0.1, 0.15) is 0 Å². The van der Waals surface area contributed by atoms with Gasteiger partial charge in [0.25, 0.3) is 0 Å². The number of halogens is 1. The van der Waals surface area contributed by atoms with Crippen LogP contribution in [0.2, 0.25) is 0 Å². The molecule has 1 aliphatic heterocycles. The van der Waals surface area contributed by atoms with Gasteiger partial charge in [-0.15, -0.1) is 0 Å². The maximum absolute atomic E-state index is 12.2. The van der Waals surface area contributed by atoms with E-state index >= 15 is 0 Å². The Bertz CT molecular complexity index is 572. The van der Waals surface area contributed by atoms with E-state index in [0.29, 0.717) is 19.0 Å². The fourth-order valence-electron chi connectivity index (χ4n) is 2.58. The molecule has 1 aliphatic rings. The summed E-state index contributed by atoms with van der Waals surface area (Å²) in [5, 5.41) is 2.94. The largest absolute Gasteiger partial charge is 0.356 e. The van der Waals surface area contributed by atoms with Crippen LogP contribution in [0.1, 0.15) is 32.3 Å². The van der Waals surface area contributed by atoms with Gasteiger partial charge >= 0.3 is 0 Å². The van der Waals surface area contributed by atoms with Crippen LogP contribution in [0.4, 0.5) is 5.69 Å². The molecule has 2 amide bonds. The van der Waals surface area contributed by atoms with Gasteiger partial charge in [-0.3, -0.25) is 9.59 Å². The van der Waals surface area contributed by atoms with Gasteiger partial charge in [0.05, 0.1) is 11.6 Å². The first-order chi connectivity index (χ1) is 10.4. The van der Waals surface area contributed by atoms with E-state index in [0.717, 1.165) is 22.1 Å². The van der Waals surface area contributed by atoms with Crippen molar-refractivity contribution in [3.8, 4) is 0 Å². The summed E-state index contributed by atoms with van der Waals surface area (Å²) in [5.74, 6) is 0.298. The van der Waals surface area contributed by atoms with Crippen LogP contribution in [0.5, 0.6) is 0 Å². The maximum atomic E-state index is 12.2. The van der Waals surface area contributed by atoms with Crippen molar-refractivity contribution in [3.05, 3.63) is 28.2 Å². The third kappa shape index (κ3) is 4.09. The Morgan fingerprint density at radius 3 is 2.82 bits per heavy atom. The summed E-state index contributed by atoms with van der Waals surface area (Å²) in [7, 11) is 0. The number of carbonyl (C=O) groups is 2. The molecule has 5 heteroatoms. The monoisotopic (exact) mass is 366 g/mol. The van der Waals surface area contributed by atoms with Gasteiger partial charge in [0.15, 0.2) is 0 Å². The first-order valence-electron chi connectivity index (χ1n) is 7.72. The Morgan fingerprint density at radius 2 is 2.18 bits per heavy atom. The summed E-state index contributed by atoms with van der Waals surface area (Å²) in [6, 6.07) is 5.89. The molecule has 1 atom stereocenters. The van der Waals surface area contributed by atoms with Gasteiger partial charge in [-0.1, -0.05) is 19.9 Å². The number of rotatable bonds is 5. The van der Waals surface area contributed by atoms with Crippen LogP contribution >= 0.6 is 15.9 Å². The summed E-state index contributed by atoms with van der Waals surface area (Å²) in [4.78, 5) is 26.1. The second-order valence-electron chi connectivity index (χ2n) is 6.33. The molecule has 1 N–H and O–H groups in total. The van der Waals surface area contributed by atoms with Crippen molar-refractivity contribution in [2.75, 3.05) is 18.0 Å². The van der Waals surface area contributed by atoms with E-state index in [4.69, 9.17) is 0 Å². The van der Waals surface area contributed by atoms with Crippen LogP contribution in [-0.4, -0.2) is 24.9 Å². The zero-order valence-corrected chi connectivity index (χ0v) is 14.9. The second kappa shape index (κ2) is 7.27. The lowest BCUT2D eigenvalue weighted by molar-refractivity contribution is -0.126. The van der Waals surface area contributed by atoms with Gasteiger partial charge in [0.2, 0.25) is 11.8 Å². The van der Waals surface area contributed by atoms with Gasteiger partial charge < -0.3 is 10.2 Å². The molecule has 120 valence electrons. The highest BCUT2D eigenvalue weighted by molar-refractivity contribution is 9.10. The molecule has 0 aliphatic carbocycles. The van der Waals surface area contributed by atoms with Crippen molar-refractivity contribution in [1.29, 1.82) is 0 Å². The molecule has 1 heterocycles. The number of amides is 2. The zero-order valence-electron chi connectivity index (χ0n) is 13.4. The number of nitrogens with one attached hydrogen (secondary N) is 1. The zero-order chi connectivity index (χ0) is 16.3. The van der Waals surface area contributed by atoms with Crippen molar-refractivity contribution in [2.45, 2.75) is 33.6 Å². The minimum atomic E-state index is -0.257. The quantitative estimate of drug-likeness (QED) is 0.869. The van der Waals surface area contributed by atoms with Gasteiger partial charge in [-0.05, 0) is 52.9 Å². The standard InChI is InChI=1S/C17H23BrN2O2/c1-11(2)6-7-19-17(22)13-9-16(21)20(10-13)15-5-4-12(3)8-14(15)18/h4-5,8,11,13H,6-7,9-10H2,1-3H3,(H,19,22). The highest BCUT2D eigenvalue weighted by Crippen LogP contribution is 2.32. The summed E-state index contributed by atoms with van der Waals surface area (Å²) < 4.78 is 0.890. The molecule has 4 nitrogen and oxygen atoms in total. The first-order valence-corrected chi connectivity index (χ1v) is 8.52. The number of hydrogen-bond donors (Lipinski definition) is 1. The van der Waals surface area contributed by atoms with Gasteiger partial charge in [-0.2, -0.15) is 0 Å². The van der Waals surface area contributed by atoms with E-state index in [1.54, 1.807) is 4.90 Å². The molecule has 0 spiro atoms. The Balaban J connectivity index is 2.00. The Hall–Kier alpha value is -1.36. The highest BCUT2D eigenvalue weighted by atomic mass is 79.9. The molecule has 0 saturated carbocycles. The molecular weight excluding hydrogens is 344 g/mol. The predicted octanol–water partition coefficient (Wildman–Crippen LogP) is 3.27.